The van der Waals surface area contributed by atoms with Crippen LogP contribution in [0.4, 0.5) is 0 Å². The van der Waals surface area contributed by atoms with Crippen molar-refractivity contribution in [2.24, 2.45) is 17.3 Å². The van der Waals surface area contributed by atoms with Crippen molar-refractivity contribution in [1.29, 1.82) is 0 Å². The second-order valence-electron chi connectivity index (χ2n) is 7.12. The number of allylic oxidation sites excluding steroid dienone is 1. The van der Waals surface area contributed by atoms with Crippen molar-refractivity contribution in [3.8, 4) is 0 Å². The maximum absolute atomic E-state index is 11.9. The van der Waals surface area contributed by atoms with Gasteiger partial charge in [0, 0.05) is 13.0 Å². The Labute approximate surface area is 131 Å². The first-order valence-electron chi connectivity index (χ1n) is 8.17. The summed E-state index contributed by atoms with van der Waals surface area (Å²) in [5, 5.41) is 14.2. The van der Waals surface area contributed by atoms with Gasteiger partial charge in [-0.2, -0.15) is 0 Å². The van der Waals surface area contributed by atoms with Crippen LogP contribution in [-0.2, 0) is 11.3 Å². The van der Waals surface area contributed by atoms with Crippen molar-refractivity contribution >= 4 is 5.91 Å². The number of fused-ring (bicyclic) bond motifs is 1. The first kappa shape index (κ1) is 15.2. The van der Waals surface area contributed by atoms with Crippen molar-refractivity contribution in [3.63, 3.8) is 0 Å². The Bertz CT molecular complexity index is 589. The van der Waals surface area contributed by atoms with E-state index >= 15 is 0 Å². The number of nitrogens with zero attached hydrogens (tertiary/aromatic N) is 4. The molecule has 0 radical (unpaired) electrons. The highest BCUT2D eigenvalue weighted by Gasteiger charge is 2.50. The predicted molar refractivity (Wildman–Crippen MR) is 82.9 cm³/mol. The Morgan fingerprint density at radius 1 is 1.50 bits per heavy atom. The number of hydrogen-bond acceptors (Lipinski definition) is 4. The van der Waals surface area contributed by atoms with Crippen LogP contribution in [0.5, 0.6) is 0 Å². The molecule has 0 spiro atoms. The van der Waals surface area contributed by atoms with Crippen LogP contribution in [-0.4, -0.2) is 32.7 Å². The molecule has 4 rings (SSSR count). The number of aromatic nitrogens is 4. The number of carbonyl (C=O) groups is 1. The van der Waals surface area contributed by atoms with E-state index in [4.69, 9.17) is 0 Å². The van der Waals surface area contributed by atoms with Crippen molar-refractivity contribution in [1.82, 2.24) is 25.5 Å². The second kappa shape index (κ2) is 5.82. The predicted octanol–water partition coefficient (Wildman–Crippen LogP) is 1.87. The number of aryl methyl sites for hydroxylation is 2. The average molecular weight is 303 g/mol. The molecule has 1 fully saturated rings. The molecule has 0 aromatic carbocycles. The molecule has 1 aromatic rings. The summed E-state index contributed by atoms with van der Waals surface area (Å²) in [4.78, 5) is 11.9. The summed E-state index contributed by atoms with van der Waals surface area (Å²) in [5.41, 5.74) is 2.01. The number of nitrogens with one attached hydrogen (secondary N) is 1. The first-order chi connectivity index (χ1) is 10.5. The molecule has 0 aliphatic heterocycles. The Kier molecular flexibility index (Phi) is 4.02. The Balaban J connectivity index is 1.39. The maximum Gasteiger partial charge on any atom is 0.221 e. The van der Waals surface area contributed by atoms with E-state index in [2.05, 4.69) is 40.8 Å². The van der Waals surface area contributed by atoms with Crippen LogP contribution in [0.3, 0.4) is 0 Å². The third kappa shape index (κ3) is 2.78. The van der Waals surface area contributed by atoms with Crippen molar-refractivity contribution in [2.45, 2.75) is 53.0 Å². The third-order valence-electron chi connectivity index (χ3n) is 5.58. The molecular weight excluding hydrogens is 278 g/mol. The largest absolute Gasteiger partial charge is 0.356 e. The van der Waals surface area contributed by atoms with E-state index in [0.717, 1.165) is 30.6 Å². The summed E-state index contributed by atoms with van der Waals surface area (Å²) < 4.78 is 1.65. The number of hydrogen-bond donors (Lipinski definition) is 1. The number of tetrazole rings is 1. The minimum Gasteiger partial charge on any atom is -0.356 e. The van der Waals surface area contributed by atoms with Crippen LogP contribution in [0.2, 0.25) is 0 Å². The van der Waals surface area contributed by atoms with Crippen molar-refractivity contribution < 1.29 is 4.79 Å². The van der Waals surface area contributed by atoms with Crippen LogP contribution in [0.15, 0.2) is 11.6 Å². The summed E-state index contributed by atoms with van der Waals surface area (Å²) in [6.45, 7) is 7.86. The standard InChI is InChI=1S/C16H25N5O/c1-11-18-19-20-21(11)9-7-15(22)17-8-6-12-4-5-13-10-14(12)16(13,2)3/h4,13-14H,5-10H2,1-3H3,(H,17,22). The molecule has 2 bridgehead atoms. The molecule has 2 atom stereocenters. The molecule has 3 aliphatic rings. The SMILES string of the molecule is Cc1nnnn1CCC(=O)NCCC1=CCC2CC1C2(C)C. The van der Waals surface area contributed by atoms with Gasteiger partial charge in [0.05, 0.1) is 6.54 Å². The molecule has 3 aliphatic carbocycles. The summed E-state index contributed by atoms with van der Waals surface area (Å²) in [6, 6.07) is 0. The molecule has 22 heavy (non-hydrogen) atoms. The number of rotatable bonds is 6. The summed E-state index contributed by atoms with van der Waals surface area (Å²) in [6.07, 6.45) is 6.36. The third-order valence-corrected chi connectivity index (χ3v) is 5.58. The second-order valence-corrected chi connectivity index (χ2v) is 7.12. The van der Waals surface area contributed by atoms with Crippen LogP contribution in [0, 0.1) is 24.2 Å². The molecular formula is C16H25N5O. The lowest BCUT2D eigenvalue weighted by molar-refractivity contribution is -0.121. The highest BCUT2D eigenvalue weighted by molar-refractivity contribution is 5.75. The minimum atomic E-state index is 0.0667. The first-order valence-corrected chi connectivity index (χ1v) is 8.17. The van der Waals surface area contributed by atoms with E-state index in [1.807, 2.05) is 6.92 Å². The number of carbonyl (C=O) groups excluding carboxylic acids is 1. The Morgan fingerprint density at radius 3 is 2.95 bits per heavy atom. The van der Waals surface area contributed by atoms with Gasteiger partial charge in [-0.15, -0.1) is 5.10 Å². The van der Waals surface area contributed by atoms with E-state index in [-0.39, 0.29) is 5.91 Å². The van der Waals surface area contributed by atoms with Gasteiger partial charge in [-0.3, -0.25) is 4.79 Å². The zero-order valence-corrected chi connectivity index (χ0v) is 13.7. The van der Waals surface area contributed by atoms with Gasteiger partial charge in [0.25, 0.3) is 0 Å². The molecule has 120 valence electrons. The van der Waals surface area contributed by atoms with Crippen LogP contribution >= 0.6 is 0 Å². The lowest BCUT2D eigenvalue weighted by Crippen LogP contribution is -2.48. The Morgan fingerprint density at radius 2 is 2.32 bits per heavy atom. The normalized spacial score (nSPS) is 25.3. The fraction of sp³-hybridized carbons (Fsp3) is 0.750. The maximum atomic E-state index is 11.9. The van der Waals surface area contributed by atoms with Gasteiger partial charge in [0.2, 0.25) is 5.91 Å². The summed E-state index contributed by atoms with van der Waals surface area (Å²) >= 11 is 0. The van der Waals surface area contributed by atoms with E-state index < -0.39 is 0 Å². The van der Waals surface area contributed by atoms with Crippen molar-refractivity contribution in [2.75, 3.05) is 6.54 Å². The highest BCUT2D eigenvalue weighted by Crippen LogP contribution is 2.59. The number of amides is 1. The minimum absolute atomic E-state index is 0.0667. The molecule has 2 unspecified atom stereocenters. The molecule has 1 N–H and O–H groups in total. The lowest BCUT2D eigenvalue weighted by atomic mass is 9.48. The zero-order valence-electron chi connectivity index (χ0n) is 13.7. The van der Waals surface area contributed by atoms with Gasteiger partial charge in [0.15, 0.2) is 0 Å². The molecule has 0 saturated heterocycles. The van der Waals surface area contributed by atoms with Gasteiger partial charge >= 0.3 is 0 Å². The van der Waals surface area contributed by atoms with Gasteiger partial charge < -0.3 is 5.32 Å². The fourth-order valence-corrected chi connectivity index (χ4v) is 3.86. The van der Waals surface area contributed by atoms with Crippen LogP contribution in [0.1, 0.15) is 45.4 Å². The quantitative estimate of drug-likeness (QED) is 0.814. The molecule has 6 heteroatoms. The van der Waals surface area contributed by atoms with Gasteiger partial charge in [-0.25, -0.2) is 4.68 Å². The smallest absolute Gasteiger partial charge is 0.221 e. The van der Waals surface area contributed by atoms with Gasteiger partial charge in [-0.05, 0) is 53.9 Å². The van der Waals surface area contributed by atoms with E-state index in [1.165, 1.54) is 12.8 Å². The molecule has 1 aromatic heterocycles. The monoisotopic (exact) mass is 303 g/mol. The van der Waals surface area contributed by atoms with Crippen molar-refractivity contribution in [3.05, 3.63) is 17.5 Å². The fourth-order valence-electron chi connectivity index (χ4n) is 3.86. The average Bonchev–Trinajstić information content (AvgIpc) is 2.90. The Hall–Kier alpha value is -1.72. The molecule has 6 nitrogen and oxygen atoms in total. The molecule has 1 amide bonds. The van der Waals surface area contributed by atoms with Gasteiger partial charge in [0.1, 0.15) is 5.82 Å². The highest BCUT2D eigenvalue weighted by atomic mass is 16.1. The molecule has 1 heterocycles. The van der Waals surface area contributed by atoms with Crippen LogP contribution in [0.25, 0.3) is 0 Å². The van der Waals surface area contributed by atoms with E-state index in [0.29, 0.717) is 18.4 Å². The van der Waals surface area contributed by atoms with Gasteiger partial charge in [-0.1, -0.05) is 25.5 Å². The summed E-state index contributed by atoms with van der Waals surface area (Å²) in [7, 11) is 0. The van der Waals surface area contributed by atoms with Crippen LogP contribution < -0.4 is 5.32 Å². The lowest BCUT2D eigenvalue weighted by Gasteiger charge is -2.56. The van der Waals surface area contributed by atoms with E-state index in [9.17, 15) is 4.79 Å². The molecule has 1 saturated carbocycles. The zero-order chi connectivity index (χ0) is 15.7. The summed E-state index contributed by atoms with van der Waals surface area (Å²) in [5.74, 6) is 2.40. The topological polar surface area (TPSA) is 72.7 Å². The van der Waals surface area contributed by atoms with E-state index in [1.54, 1.807) is 10.3 Å².